The Morgan fingerprint density at radius 3 is 1.90 bits per heavy atom. The Bertz CT molecular complexity index is 378. The molecule has 0 unspecified atom stereocenters. The highest BCUT2D eigenvalue weighted by molar-refractivity contribution is 5.66. The summed E-state index contributed by atoms with van der Waals surface area (Å²) in [6.07, 6.45) is 9.96. The average Bonchev–Trinajstić information content (AvgIpc) is 2.38. The first kappa shape index (κ1) is 18.6. The lowest BCUT2D eigenvalue weighted by Crippen LogP contribution is -1.98. The number of ether oxygens (including phenoxy) is 1. The number of allylic oxidation sites excluding steroid dienone is 5. The SMILES string of the molecule is CC(=O)OCC=C(C)CCC=C(C)CCC=C(C)CF. The van der Waals surface area contributed by atoms with Gasteiger partial charge in [-0.05, 0) is 58.1 Å². The van der Waals surface area contributed by atoms with E-state index < -0.39 is 0 Å². The molecule has 0 fully saturated rings. The van der Waals surface area contributed by atoms with Gasteiger partial charge >= 0.3 is 5.97 Å². The van der Waals surface area contributed by atoms with Crippen molar-refractivity contribution in [1.29, 1.82) is 0 Å². The first-order chi connectivity index (χ1) is 9.45. The highest BCUT2D eigenvalue weighted by atomic mass is 19.1. The van der Waals surface area contributed by atoms with Crippen molar-refractivity contribution in [2.24, 2.45) is 0 Å². The van der Waals surface area contributed by atoms with Crippen LogP contribution in [0.25, 0.3) is 0 Å². The molecule has 0 radical (unpaired) electrons. The molecule has 0 bridgehead atoms. The van der Waals surface area contributed by atoms with Gasteiger partial charge in [0.05, 0.1) is 0 Å². The third-order valence-corrected chi connectivity index (χ3v) is 2.99. The maximum Gasteiger partial charge on any atom is 0.302 e. The van der Waals surface area contributed by atoms with Crippen LogP contribution < -0.4 is 0 Å². The molecular formula is C17H27FO2. The fraction of sp³-hybridized carbons (Fsp3) is 0.588. The topological polar surface area (TPSA) is 26.3 Å². The van der Waals surface area contributed by atoms with Crippen molar-refractivity contribution in [3.05, 3.63) is 34.9 Å². The Hall–Kier alpha value is -1.38. The Morgan fingerprint density at radius 2 is 1.40 bits per heavy atom. The summed E-state index contributed by atoms with van der Waals surface area (Å²) in [5.41, 5.74) is 3.37. The Morgan fingerprint density at radius 1 is 0.900 bits per heavy atom. The van der Waals surface area contributed by atoms with Gasteiger partial charge in [0.25, 0.3) is 0 Å². The summed E-state index contributed by atoms with van der Waals surface area (Å²) in [5, 5.41) is 0. The summed E-state index contributed by atoms with van der Waals surface area (Å²) >= 11 is 0. The lowest BCUT2D eigenvalue weighted by molar-refractivity contribution is -0.139. The standard InChI is InChI=1S/C17H27FO2/c1-14(8-6-10-16(3)13-18)7-5-9-15(2)11-12-20-17(4)19/h7,10-11H,5-6,8-9,12-13H2,1-4H3. The first-order valence-electron chi connectivity index (χ1n) is 7.12. The molecule has 20 heavy (non-hydrogen) atoms. The Balaban J connectivity index is 3.89. The van der Waals surface area contributed by atoms with E-state index in [0.29, 0.717) is 6.61 Å². The molecule has 0 aliphatic rings. The normalized spacial score (nSPS) is 13.6. The van der Waals surface area contributed by atoms with Crippen LogP contribution in [0.5, 0.6) is 0 Å². The smallest absolute Gasteiger partial charge is 0.302 e. The van der Waals surface area contributed by atoms with E-state index in [2.05, 4.69) is 13.0 Å². The van der Waals surface area contributed by atoms with Gasteiger partial charge in [-0.15, -0.1) is 0 Å². The van der Waals surface area contributed by atoms with Crippen LogP contribution >= 0.6 is 0 Å². The van der Waals surface area contributed by atoms with E-state index in [1.165, 1.54) is 18.1 Å². The van der Waals surface area contributed by atoms with Gasteiger partial charge in [0.15, 0.2) is 0 Å². The summed E-state index contributed by atoms with van der Waals surface area (Å²) in [5.74, 6) is -0.249. The van der Waals surface area contributed by atoms with Crippen molar-refractivity contribution in [1.82, 2.24) is 0 Å². The van der Waals surface area contributed by atoms with Gasteiger partial charge in [-0.3, -0.25) is 4.79 Å². The van der Waals surface area contributed by atoms with Crippen LogP contribution in [-0.2, 0) is 9.53 Å². The second kappa shape index (κ2) is 11.4. The number of hydrogen-bond donors (Lipinski definition) is 0. The molecule has 0 heterocycles. The predicted molar refractivity (Wildman–Crippen MR) is 82.3 cm³/mol. The van der Waals surface area contributed by atoms with E-state index in [4.69, 9.17) is 4.74 Å². The van der Waals surface area contributed by atoms with E-state index in [1.54, 1.807) is 0 Å². The number of carbonyl (C=O) groups excluding carboxylic acids is 1. The van der Waals surface area contributed by atoms with Gasteiger partial charge in [-0.2, -0.15) is 0 Å². The number of esters is 1. The second-order valence-corrected chi connectivity index (χ2v) is 5.16. The largest absolute Gasteiger partial charge is 0.462 e. The van der Waals surface area contributed by atoms with Gasteiger partial charge in [0, 0.05) is 6.92 Å². The van der Waals surface area contributed by atoms with Crippen LogP contribution in [0.15, 0.2) is 34.9 Å². The zero-order valence-corrected chi connectivity index (χ0v) is 13.2. The summed E-state index contributed by atoms with van der Waals surface area (Å²) in [6, 6.07) is 0. The van der Waals surface area contributed by atoms with Gasteiger partial charge in [-0.1, -0.05) is 23.3 Å². The van der Waals surface area contributed by atoms with Gasteiger partial charge in [0.2, 0.25) is 0 Å². The van der Waals surface area contributed by atoms with Crippen LogP contribution in [0.1, 0.15) is 53.4 Å². The Kier molecular flexibility index (Phi) is 10.7. The molecule has 0 spiro atoms. The number of rotatable bonds is 9. The maximum atomic E-state index is 12.2. The monoisotopic (exact) mass is 282 g/mol. The van der Waals surface area contributed by atoms with Crippen LogP contribution in [0, 0.1) is 0 Å². The predicted octanol–water partition coefficient (Wildman–Crippen LogP) is 4.92. The van der Waals surface area contributed by atoms with Crippen molar-refractivity contribution in [2.75, 3.05) is 13.3 Å². The first-order valence-corrected chi connectivity index (χ1v) is 7.12. The van der Waals surface area contributed by atoms with Crippen molar-refractivity contribution in [3.8, 4) is 0 Å². The average molecular weight is 282 g/mol. The molecule has 0 rings (SSSR count). The van der Waals surface area contributed by atoms with E-state index in [1.807, 2.05) is 26.0 Å². The fourth-order valence-corrected chi connectivity index (χ4v) is 1.65. The number of hydrogen-bond acceptors (Lipinski definition) is 2. The molecule has 0 aromatic rings. The summed E-state index contributed by atoms with van der Waals surface area (Å²) in [4.78, 5) is 10.6. The molecule has 0 N–H and O–H groups in total. The van der Waals surface area contributed by atoms with Crippen molar-refractivity contribution < 1.29 is 13.9 Å². The van der Waals surface area contributed by atoms with E-state index in [9.17, 15) is 9.18 Å². The minimum absolute atomic E-state index is 0.249. The maximum absolute atomic E-state index is 12.2. The summed E-state index contributed by atoms with van der Waals surface area (Å²) in [6.45, 7) is 7.38. The zero-order chi connectivity index (χ0) is 15.4. The van der Waals surface area contributed by atoms with E-state index in [0.717, 1.165) is 31.3 Å². The molecule has 0 saturated heterocycles. The molecule has 0 amide bonds. The molecule has 0 atom stereocenters. The van der Waals surface area contributed by atoms with Crippen molar-refractivity contribution >= 4 is 5.97 Å². The van der Waals surface area contributed by atoms with Crippen LogP contribution in [0.2, 0.25) is 0 Å². The quantitative estimate of drug-likeness (QED) is 0.443. The summed E-state index contributed by atoms with van der Waals surface area (Å²) in [7, 11) is 0. The zero-order valence-electron chi connectivity index (χ0n) is 13.2. The fourth-order valence-electron chi connectivity index (χ4n) is 1.65. The van der Waals surface area contributed by atoms with Crippen molar-refractivity contribution in [3.63, 3.8) is 0 Å². The summed E-state index contributed by atoms with van der Waals surface area (Å²) < 4.78 is 17.1. The Labute approximate surface area is 122 Å². The van der Waals surface area contributed by atoms with Crippen molar-refractivity contribution in [2.45, 2.75) is 53.4 Å². The lowest BCUT2D eigenvalue weighted by Gasteiger charge is -2.02. The van der Waals surface area contributed by atoms with Crippen LogP contribution in [0.3, 0.4) is 0 Å². The minimum atomic E-state index is -0.352. The third-order valence-electron chi connectivity index (χ3n) is 2.99. The number of halogens is 1. The molecule has 2 nitrogen and oxygen atoms in total. The molecule has 0 aliphatic carbocycles. The second-order valence-electron chi connectivity index (χ2n) is 5.16. The lowest BCUT2D eigenvalue weighted by atomic mass is 10.1. The van der Waals surface area contributed by atoms with E-state index >= 15 is 0 Å². The van der Waals surface area contributed by atoms with Gasteiger partial charge < -0.3 is 4.74 Å². The molecule has 0 aliphatic heterocycles. The molecular weight excluding hydrogens is 255 g/mol. The molecule has 114 valence electrons. The van der Waals surface area contributed by atoms with Crippen LogP contribution in [-0.4, -0.2) is 19.3 Å². The number of carbonyl (C=O) groups is 1. The molecule has 0 aromatic carbocycles. The van der Waals surface area contributed by atoms with Gasteiger partial charge in [-0.25, -0.2) is 4.39 Å². The molecule has 0 aromatic heterocycles. The van der Waals surface area contributed by atoms with Crippen LogP contribution in [0.4, 0.5) is 4.39 Å². The van der Waals surface area contributed by atoms with Gasteiger partial charge in [0.1, 0.15) is 13.3 Å². The van der Waals surface area contributed by atoms with E-state index in [-0.39, 0.29) is 12.6 Å². The third kappa shape index (κ3) is 11.7. The molecule has 0 saturated carbocycles. The highest BCUT2D eigenvalue weighted by Crippen LogP contribution is 2.11. The molecule has 3 heteroatoms. The minimum Gasteiger partial charge on any atom is -0.462 e. The number of alkyl halides is 1. The highest BCUT2D eigenvalue weighted by Gasteiger charge is 1.94.